The molecule has 2 aliphatic heterocycles. The van der Waals surface area contributed by atoms with Gasteiger partial charge in [-0.05, 0) is 50.0 Å². The summed E-state index contributed by atoms with van der Waals surface area (Å²) in [6, 6.07) is 8.31. The fourth-order valence-electron chi connectivity index (χ4n) is 5.82. The smallest absolute Gasteiger partial charge is 0.228 e. The van der Waals surface area contributed by atoms with Crippen LogP contribution in [0.25, 0.3) is 32.9 Å². The summed E-state index contributed by atoms with van der Waals surface area (Å²) in [7, 11) is 4.02. The van der Waals surface area contributed by atoms with Crippen LogP contribution in [0, 0.1) is 35.3 Å². The second-order valence-corrected chi connectivity index (χ2v) is 10.8. The van der Waals surface area contributed by atoms with E-state index >= 15 is 4.39 Å². The number of anilines is 2. The zero-order valence-corrected chi connectivity index (χ0v) is 23.1. The maximum Gasteiger partial charge on any atom is 0.228 e. The summed E-state index contributed by atoms with van der Waals surface area (Å²) < 4.78 is 31.5. The summed E-state index contributed by atoms with van der Waals surface area (Å²) in [6.45, 7) is 4.80. The Kier molecular flexibility index (Phi) is 7.12. The largest absolute Gasteiger partial charge is 0.357 e. The van der Waals surface area contributed by atoms with Crippen molar-refractivity contribution >= 4 is 33.4 Å². The molecule has 2 aromatic heterocycles. The van der Waals surface area contributed by atoms with Crippen LogP contribution in [-0.4, -0.2) is 79.3 Å². The van der Waals surface area contributed by atoms with Crippen molar-refractivity contribution < 1.29 is 8.78 Å². The van der Waals surface area contributed by atoms with Gasteiger partial charge in [-0.3, -0.25) is 4.98 Å². The summed E-state index contributed by atoms with van der Waals surface area (Å²) in [5.74, 6) is 2.18. The third-order valence-corrected chi connectivity index (χ3v) is 8.05. The molecular weight excluding hydrogens is 522 g/mol. The zero-order chi connectivity index (χ0) is 28.7. The lowest BCUT2D eigenvalue weighted by Gasteiger charge is -2.33. The van der Waals surface area contributed by atoms with Crippen molar-refractivity contribution in [3.8, 4) is 29.7 Å². The molecule has 2 fully saturated rings. The highest BCUT2D eigenvalue weighted by Gasteiger charge is 2.26. The number of pyridine rings is 1. The van der Waals surface area contributed by atoms with Gasteiger partial charge in [0.15, 0.2) is 5.82 Å². The van der Waals surface area contributed by atoms with Gasteiger partial charge in [0.1, 0.15) is 22.8 Å². The molecule has 0 saturated carbocycles. The Balaban J connectivity index is 1.57. The number of terminal acetylenes is 1. The molecule has 2 saturated heterocycles. The molecule has 8 nitrogen and oxygen atoms in total. The van der Waals surface area contributed by atoms with Crippen LogP contribution in [0.4, 0.5) is 20.5 Å². The molecule has 41 heavy (non-hydrogen) atoms. The molecule has 4 aromatic rings. The van der Waals surface area contributed by atoms with Crippen LogP contribution < -0.4 is 15.1 Å². The molecule has 10 heteroatoms. The molecule has 6 rings (SSSR count). The van der Waals surface area contributed by atoms with Crippen LogP contribution >= 0.6 is 0 Å². The van der Waals surface area contributed by atoms with E-state index in [-0.39, 0.29) is 27.9 Å². The monoisotopic (exact) mass is 552 g/mol. The highest BCUT2D eigenvalue weighted by atomic mass is 19.1. The third kappa shape index (κ3) is 4.90. The first-order valence-corrected chi connectivity index (χ1v) is 13.8. The Bertz CT molecular complexity index is 1730. The maximum atomic E-state index is 16.7. The van der Waals surface area contributed by atoms with Gasteiger partial charge in [-0.1, -0.05) is 12.0 Å². The fraction of sp³-hybridized carbons (Fsp3) is 0.355. The van der Waals surface area contributed by atoms with Crippen LogP contribution in [0.1, 0.15) is 24.0 Å². The van der Waals surface area contributed by atoms with Crippen LogP contribution in [0.2, 0.25) is 0 Å². The zero-order valence-electron chi connectivity index (χ0n) is 23.1. The van der Waals surface area contributed by atoms with Crippen molar-refractivity contribution in [1.82, 2.24) is 25.2 Å². The average Bonchev–Trinajstić information content (AvgIpc) is 3.50. The van der Waals surface area contributed by atoms with Crippen LogP contribution in [0.15, 0.2) is 30.5 Å². The number of nitrogens with zero attached hydrogens (tertiary/aromatic N) is 7. The van der Waals surface area contributed by atoms with Crippen LogP contribution in [0.3, 0.4) is 0 Å². The first-order valence-electron chi connectivity index (χ1n) is 13.8. The summed E-state index contributed by atoms with van der Waals surface area (Å²) in [5, 5.41) is 14.5. The quantitative estimate of drug-likeness (QED) is 0.373. The molecular formula is C31H30F2N8. The predicted molar refractivity (Wildman–Crippen MR) is 157 cm³/mol. The molecule has 208 valence electrons. The summed E-state index contributed by atoms with van der Waals surface area (Å²) in [4.78, 5) is 20.5. The molecule has 1 N–H and O–H groups in total. The molecule has 0 radical (unpaired) electrons. The number of hydrogen-bond acceptors (Lipinski definition) is 8. The highest BCUT2D eigenvalue weighted by Crippen LogP contribution is 2.37. The molecule has 0 unspecified atom stereocenters. The van der Waals surface area contributed by atoms with E-state index < -0.39 is 11.6 Å². The highest BCUT2D eigenvalue weighted by molar-refractivity contribution is 6.03. The average molecular weight is 553 g/mol. The number of fused-ring (bicyclic) bond motifs is 2. The number of likely N-dealkylation sites (N-methyl/N-ethyl adjacent to an activating group) is 2. The van der Waals surface area contributed by atoms with Gasteiger partial charge >= 0.3 is 0 Å². The van der Waals surface area contributed by atoms with E-state index in [1.807, 2.05) is 11.9 Å². The number of hydrogen-bond donors (Lipinski definition) is 1. The molecule has 1 atom stereocenters. The Labute approximate surface area is 237 Å². The SMILES string of the molecule is C#Cc1c(F)ccc2cc(C#N)cc(-c3ncc4c(N(C)C[C@@H]5CCCN5)nc(N5CCN(C)CC5)nc4c3F)c12. The lowest BCUT2D eigenvalue weighted by Crippen LogP contribution is -2.45. The van der Waals surface area contributed by atoms with Crippen molar-refractivity contribution in [3.63, 3.8) is 0 Å². The number of rotatable bonds is 5. The minimum absolute atomic E-state index is 0.00594. The first kappa shape index (κ1) is 26.8. The number of benzene rings is 2. The van der Waals surface area contributed by atoms with Crippen molar-refractivity contribution in [2.45, 2.75) is 18.9 Å². The third-order valence-electron chi connectivity index (χ3n) is 8.05. The van der Waals surface area contributed by atoms with Crippen LogP contribution in [0.5, 0.6) is 0 Å². The Morgan fingerprint density at radius 2 is 1.98 bits per heavy atom. The van der Waals surface area contributed by atoms with Gasteiger partial charge in [-0.15, -0.1) is 6.42 Å². The fourth-order valence-corrected chi connectivity index (χ4v) is 5.82. The number of nitriles is 1. The van der Waals surface area contributed by atoms with Gasteiger partial charge in [0.25, 0.3) is 0 Å². The van der Waals surface area contributed by atoms with E-state index in [1.165, 1.54) is 18.2 Å². The van der Waals surface area contributed by atoms with Crippen LogP contribution in [-0.2, 0) is 0 Å². The standard InChI is InChI=1S/C31H30F2N8/c1-4-22-25(32)8-7-20-14-19(16-34)15-23(26(20)22)28-27(33)29-24(17-36-28)30(40(3)18-21-6-5-9-35-21)38-31(37-29)41-12-10-39(2)11-13-41/h1,7-8,14-15,17,21,35H,5-6,9-13,18H2,2-3H3/t21-/m0/s1. The van der Waals surface area contributed by atoms with E-state index in [2.05, 4.69) is 39.1 Å². The van der Waals surface area contributed by atoms with E-state index in [1.54, 1.807) is 12.3 Å². The van der Waals surface area contributed by atoms with Gasteiger partial charge < -0.3 is 20.0 Å². The number of aromatic nitrogens is 3. The number of piperazine rings is 1. The van der Waals surface area contributed by atoms with Gasteiger partial charge in [-0.2, -0.15) is 10.2 Å². The molecule has 0 spiro atoms. The Morgan fingerprint density at radius 1 is 1.17 bits per heavy atom. The van der Waals surface area contributed by atoms with Gasteiger partial charge in [0.05, 0.1) is 22.6 Å². The minimum atomic E-state index is -0.669. The van der Waals surface area contributed by atoms with Crippen molar-refractivity contribution in [3.05, 3.63) is 53.2 Å². The van der Waals surface area contributed by atoms with E-state index in [9.17, 15) is 9.65 Å². The molecule has 4 heterocycles. The molecule has 0 bridgehead atoms. The predicted octanol–water partition coefficient (Wildman–Crippen LogP) is 3.92. The summed E-state index contributed by atoms with van der Waals surface area (Å²) in [6.07, 6.45) is 9.43. The molecule has 0 amide bonds. The lowest BCUT2D eigenvalue weighted by atomic mass is 9.94. The minimum Gasteiger partial charge on any atom is -0.357 e. The van der Waals surface area contributed by atoms with Gasteiger partial charge in [-0.25, -0.2) is 13.8 Å². The van der Waals surface area contributed by atoms with E-state index in [0.717, 1.165) is 32.5 Å². The van der Waals surface area contributed by atoms with Crippen molar-refractivity contribution in [1.29, 1.82) is 5.26 Å². The molecule has 0 aliphatic carbocycles. The maximum absolute atomic E-state index is 16.7. The first-order chi connectivity index (χ1) is 19.9. The second kappa shape index (κ2) is 10.9. The van der Waals surface area contributed by atoms with E-state index in [4.69, 9.17) is 16.4 Å². The number of nitrogens with one attached hydrogen (secondary N) is 1. The van der Waals surface area contributed by atoms with Crippen molar-refractivity contribution in [2.75, 3.05) is 63.2 Å². The van der Waals surface area contributed by atoms with Crippen molar-refractivity contribution in [2.24, 2.45) is 0 Å². The lowest BCUT2D eigenvalue weighted by molar-refractivity contribution is 0.311. The Hall–Kier alpha value is -4.38. The summed E-state index contributed by atoms with van der Waals surface area (Å²) in [5.41, 5.74) is 0.600. The molecule has 2 aromatic carbocycles. The Morgan fingerprint density at radius 3 is 2.68 bits per heavy atom. The number of halogens is 2. The van der Waals surface area contributed by atoms with Gasteiger partial charge in [0, 0.05) is 63.0 Å². The molecule has 2 aliphatic rings. The normalized spacial score (nSPS) is 17.6. The second-order valence-electron chi connectivity index (χ2n) is 10.8. The van der Waals surface area contributed by atoms with Gasteiger partial charge in [0.2, 0.25) is 5.95 Å². The van der Waals surface area contributed by atoms with E-state index in [0.29, 0.717) is 53.6 Å². The summed E-state index contributed by atoms with van der Waals surface area (Å²) >= 11 is 0. The topological polar surface area (TPSA) is 84.2 Å².